The number of hydrogen-bond donors (Lipinski definition) is 1. The van der Waals surface area contributed by atoms with Crippen LogP contribution in [0.2, 0.25) is 0 Å². The lowest BCUT2D eigenvalue weighted by Gasteiger charge is -2.27. The maximum absolute atomic E-state index is 12.6. The van der Waals surface area contributed by atoms with Crippen molar-refractivity contribution in [3.8, 4) is 0 Å². The number of rotatable bonds is 6. The lowest BCUT2D eigenvalue weighted by atomic mass is 10.0. The zero-order valence-electron chi connectivity index (χ0n) is 15.1. The summed E-state index contributed by atoms with van der Waals surface area (Å²) in [6, 6.07) is 10.1. The average molecular weight is 376 g/mol. The van der Waals surface area contributed by atoms with Crippen LogP contribution in [0.15, 0.2) is 30.3 Å². The topological polar surface area (TPSA) is 84.3 Å². The third-order valence-electron chi connectivity index (χ3n) is 4.58. The minimum atomic E-state index is -3.41. The van der Waals surface area contributed by atoms with Crippen LogP contribution in [0.3, 0.4) is 0 Å². The fourth-order valence-electron chi connectivity index (χ4n) is 3.31. The molecule has 1 aliphatic heterocycles. The molecule has 1 N–H and O–H groups in total. The molecule has 0 unspecified atom stereocenters. The van der Waals surface area contributed by atoms with Crippen LogP contribution in [0.1, 0.15) is 29.7 Å². The first kappa shape index (κ1) is 18.4. The Labute approximate surface area is 154 Å². The molecule has 26 heavy (non-hydrogen) atoms. The molecule has 0 fully saturated rings. The number of aromatic nitrogens is 2. The summed E-state index contributed by atoms with van der Waals surface area (Å²) in [7, 11) is -1.61. The highest BCUT2D eigenvalue weighted by Crippen LogP contribution is 2.26. The maximum atomic E-state index is 12.6. The van der Waals surface area contributed by atoms with Crippen LogP contribution in [0.25, 0.3) is 0 Å². The van der Waals surface area contributed by atoms with Crippen molar-refractivity contribution in [1.82, 2.24) is 14.7 Å². The zero-order chi connectivity index (χ0) is 18.7. The van der Waals surface area contributed by atoms with Gasteiger partial charge in [0.25, 0.3) is 0 Å². The number of benzene rings is 1. The summed E-state index contributed by atoms with van der Waals surface area (Å²) in [5.74, 6) is 0.424. The Morgan fingerprint density at radius 1 is 1.27 bits per heavy atom. The van der Waals surface area contributed by atoms with Crippen molar-refractivity contribution in [3.05, 3.63) is 47.2 Å². The van der Waals surface area contributed by atoms with Crippen molar-refractivity contribution < 1.29 is 13.2 Å². The molecule has 8 heteroatoms. The molecule has 0 spiro atoms. The number of hydrogen-bond acceptors (Lipinski definition) is 4. The van der Waals surface area contributed by atoms with Gasteiger partial charge < -0.3 is 4.90 Å². The number of amides is 1. The van der Waals surface area contributed by atoms with Crippen LogP contribution in [0.5, 0.6) is 0 Å². The van der Waals surface area contributed by atoms with Crippen molar-refractivity contribution in [2.24, 2.45) is 7.05 Å². The summed E-state index contributed by atoms with van der Waals surface area (Å²) in [5.41, 5.74) is 3.00. The van der Waals surface area contributed by atoms with E-state index in [-0.39, 0.29) is 5.91 Å². The van der Waals surface area contributed by atoms with E-state index in [1.807, 2.05) is 18.2 Å². The molecule has 2 aromatic rings. The molecule has 0 atom stereocenters. The van der Waals surface area contributed by atoms with Gasteiger partial charge in [0.05, 0.1) is 12.8 Å². The van der Waals surface area contributed by atoms with Crippen LogP contribution in [-0.2, 0) is 41.3 Å². The van der Waals surface area contributed by atoms with Gasteiger partial charge in [-0.3, -0.25) is 14.2 Å². The van der Waals surface area contributed by atoms with E-state index in [4.69, 9.17) is 0 Å². The van der Waals surface area contributed by atoms with E-state index in [0.717, 1.165) is 30.4 Å². The van der Waals surface area contributed by atoms with Crippen molar-refractivity contribution >= 4 is 21.7 Å². The molecule has 3 rings (SSSR count). The number of carbonyl (C=O) groups excluding carboxylic acids is 1. The van der Waals surface area contributed by atoms with Gasteiger partial charge in [-0.05, 0) is 18.4 Å². The SMILES string of the molecule is Cn1nc(NS(C)(=O)=O)c2c1CCN(C(=O)CCCc1ccccc1)C2. The van der Waals surface area contributed by atoms with Gasteiger partial charge in [-0.15, -0.1) is 0 Å². The number of carbonyl (C=O) groups is 1. The number of nitrogens with one attached hydrogen (secondary N) is 1. The number of anilines is 1. The van der Waals surface area contributed by atoms with Crippen LogP contribution in [-0.4, -0.2) is 41.8 Å². The quantitative estimate of drug-likeness (QED) is 0.832. The van der Waals surface area contributed by atoms with Crippen molar-refractivity contribution in [2.75, 3.05) is 17.5 Å². The lowest BCUT2D eigenvalue weighted by molar-refractivity contribution is -0.132. The summed E-state index contributed by atoms with van der Waals surface area (Å²) in [6.45, 7) is 1.03. The first-order chi connectivity index (χ1) is 12.3. The summed E-state index contributed by atoms with van der Waals surface area (Å²) in [6.07, 6.45) is 3.94. The summed E-state index contributed by atoms with van der Waals surface area (Å²) >= 11 is 0. The summed E-state index contributed by atoms with van der Waals surface area (Å²) in [4.78, 5) is 14.4. The van der Waals surface area contributed by atoms with Gasteiger partial charge >= 0.3 is 0 Å². The Morgan fingerprint density at radius 3 is 2.69 bits per heavy atom. The normalized spacial score (nSPS) is 14.2. The highest BCUT2D eigenvalue weighted by atomic mass is 32.2. The number of aryl methyl sites for hydroxylation is 2. The van der Waals surface area contributed by atoms with E-state index in [0.29, 0.717) is 31.7 Å². The lowest BCUT2D eigenvalue weighted by Crippen LogP contribution is -2.36. The van der Waals surface area contributed by atoms with E-state index in [1.165, 1.54) is 5.56 Å². The second-order valence-electron chi connectivity index (χ2n) is 6.68. The number of sulfonamides is 1. The second kappa shape index (κ2) is 7.49. The van der Waals surface area contributed by atoms with Gasteiger partial charge in [0.2, 0.25) is 15.9 Å². The molecular weight excluding hydrogens is 352 g/mol. The predicted octanol–water partition coefficient (Wildman–Crippen LogP) is 1.70. The molecule has 0 bridgehead atoms. The first-order valence-electron chi connectivity index (χ1n) is 8.68. The van der Waals surface area contributed by atoms with Gasteiger partial charge in [-0.1, -0.05) is 30.3 Å². The van der Waals surface area contributed by atoms with Crippen molar-refractivity contribution in [3.63, 3.8) is 0 Å². The number of fused-ring (bicyclic) bond motifs is 1. The largest absolute Gasteiger partial charge is 0.338 e. The molecule has 0 saturated heterocycles. The molecule has 0 saturated carbocycles. The molecule has 2 heterocycles. The monoisotopic (exact) mass is 376 g/mol. The predicted molar refractivity (Wildman–Crippen MR) is 100 cm³/mol. The molecular formula is C18H24N4O3S. The van der Waals surface area contributed by atoms with Crippen molar-refractivity contribution in [2.45, 2.75) is 32.2 Å². The van der Waals surface area contributed by atoms with E-state index in [1.54, 1.807) is 16.6 Å². The smallest absolute Gasteiger partial charge is 0.231 e. The average Bonchev–Trinajstić information content (AvgIpc) is 2.89. The fraction of sp³-hybridized carbons (Fsp3) is 0.444. The van der Waals surface area contributed by atoms with E-state index >= 15 is 0 Å². The van der Waals surface area contributed by atoms with E-state index in [9.17, 15) is 13.2 Å². The maximum Gasteiger partial charge on any atom is 0.231 e. The molecule has 1 amide bonds. The van der Waals surface area contributed by atoms with Crippen LogP contribution in [0.4, 0.5) is 5.82 Å². The minimum absolute atomic E-state index is 0.0979. The highest BCUT2D eigenvalue weighted by molar-refractivity contribution is 7.92. The molecule has 1 aromatic heterocycles. The molecule has 1 aliphatic rings. The summed E-state index contributed by atoms with van der Waals surface area (Å²) < 4.78 is 27.2. The summed E-state index contributed by atoms with van der Waals surface area (Å²) in [5, 5.41) is 4.26. The Balaban J connectivity index is 1.63. The Hall–Kier alpha value is -2.35. The third-order valence-corrected chi connectivity index (χ3v) is 5.14. The van der Waals surface area contributed by atoms with Crippen molar-refractivity contribution in [1.29, 1.82) is 0 Å². The minimum Gasteiger partial charge on any atom is -0.338 e. The Morgan fingerprint density at radius 2 is 2.00 bits per heavy atom. The Bertz CT molecular complexity index is 891. The van der Waals surface area contributed by atoms with E-state index in [2.05, 4.69) is 22.0 Å². The van der Waals surface area contributed by atoms with Gasteiger partial charge in [-0.25, -0.2) is 8.42 Å². The molecule has 140 valence electrons. The molecule has 0 aliphatic carbocycles. The fourth-order valence-corrected chi connectivity index (χ4v) is 3.82. The van der Waals surface area contributed by atoms with Crippen LogP contribution in [0, 0.1) is 0 Å². The van der Waals surface area contributed by atoms with Gasteiger partial charge in [0.15, 0.2) is 5.82 Å². The molecule has 1 aromatic carbocycles. The van der Waals surface area contributed by atoms with Gasteiger partial charge in [0, 0.05) is 37.7 Å². The number of nitrogens with zero attached hydrogens (tertiary/aromatic N) is 3. The Kier molecular flexibility index (Phi) is 5.31. The van der Waals surface area contributed by atoms with Gasteiger partial charge in [0.1, 0.15) is 0 Å². The zero-order valence-corrected chi connectivity index (χ0v) is 15.9. The van der Waals surface area contributed by atoms with E-state index < -0.39 is 10.0 Å². The van der Waals surface area contributed by atoms with Crippen LogP contribution >= 0.6 is 0 Å². The van der Waals surface area contributed by atoms with Crippen LogP contribution < -0.4 is 4.72 Å². The molecule has 7 nitrogen and oxygen atoms in total. The third kappa shape index (κ3) is 4.43. The van der Waals surface area contributed by atoms with Gasteiger partial charge in [-0.2, -0.15) is 5.10 Å². The first-order valence-corrected chi connectivity index (χ1v) is 10.6. The second-order valence-corrected chi connectivity index (χ2v) is 8.42. The molecule has 0 radical (unpaired) electrons. The standard InChI is InChI=1S/C18H24N4O3S/c1-21-16-11-12-22(13-15(16)18(19-21)20-26(2,24)25)17(23)10-6-9-14-7-4-3-5-8-14/h3-5,7-8H,6,9-13H2,1-2H3,(H,19,20). The highest BCUT2D eigenvalue weighted by Gasteiger charge is 2.27.